The number of carbonyl (C=O) groups is 1. The summed E-state index contributed by atoms with van der Waals surface area (Å²) in [5, 5.41) is 0. The van der Waals surface area contributed by atoms with Gasteiger partial charge in [-0.3, -0.25) is 0 Å². The van der Waals surface area contributed by atoms with Crippen molar-refractivity contribution < 1.29 is 9.53 Å². The molecule has 0 amide bonds. The number of hydrogen-bond acceptors (Lipinski definition) is 2. The van der Waals surface area contributed by atoms with Gasteiger partial charge in [0.25, 0.3) is 0 Å². The molecule has 0 aliphatic carbocycles. The zero-order valence-electron chi connectivity index (χ0n) is 15.1. The Kier molecular flexibility index (Phi) is 10.5. The Morgan fingerprint density at radius 3 is 1.86 bits per heavy atom. The van der Waals surface area contributed by atoms with Crippen molar-refractivity contribution in [3.63, 3.8) is 0 Å². The van der Waals surface area contributed by atoms with Gasteiger partial charge in [-0.05, 0) is 0 Å². The molecule has 0 saturated heterocycles. The number of carbonyl (C=O) groups excluding carboxylic acids is 1. The summed E-state index contributed by atoms with van der Waals surface area (Å²) in [6.07, 6.45) is 5.30. The fourth-order valence-corrected chi connectivity index (χ4v) is 22.2. The van der Waals surface area contributed by atoms with Gasteiger partial charge in [-0.2, -0.15) is 0 Å². The van der Waals surface area contributed by atoms with E-state index in [-0.39, 0.29) is 12.1 Å². The van der Waals surface area contributed by atoms with E-state index < -0.39 is 19.8 Å². The molecule has 0 fully saturated rings. The van der Waals surface area contributed by atoms with Gasteiger partial charge in [-0.25, -0.2) is 0 Å². The molecule has 0 rings (SSSR count). The van der Waals surface area contributed by atoms with Crippen LogP contribution in [0.25, 0.3) is 0 Å². The van der Waals surface area contributed by atoms with Gasteiger partial charge >= 0.3 is 147 Å². The van der Waals surface area contributed by atoms with E-state index in [1.54, 1.807) is 0 Å². The maximum atomic E-state index is 12.1. The van der Waals surface area contributed by atoms with Crippen LogP contribution in [0.1, 0.15) is 74.1 Å². The van der Waals surface area contributed by atoms with E-state index >= 15 is 0 Å². The molecule has 126 valence electrons. The van der Waals surface area contributed by atoms with Crippen LogP contribution in [0.4, 0.5) is 0 Å². The third-order valence-corrected chi connectivity index (χ3v) is 30.9. The first-order valence-corrected chi connectivity index (χ1v) is 22.5. The molecular weight excluding hydrogens is 482 g/mol. The molecule has 0 aromatic heterocycles. The third-order valence-electron chi connectivity index (χ3n) is 4.32. The van der Waals surface area contributed by atoms with Gasteiger partial charge < -0.3 is 0 Å². The molecule has 2 atom stereocenters. The van der Waals surface area contributed by atoms with Gasteiger partial charge in [0.1, 0.15) is 0 Å². The molecule has 4 heteroatoms. The van der Waals surface area contributed by atoms with Crippen molar-refractivity contribution in [2.45, 2.75) is 93.1 Å². The van der Waals surface area contributed by atoms with Crippen LogP contribution in [0.2, 0.25) is 12.8 Å². The minimum atomic E-state index is -2.22. The summed E-state index contributed by atoms with van der Waals surface area (Å²) >= 11 is 0.624. The number of unbranched alkanes of at least 4 members (excludes halogenated alkanes) is 2. The molecule has 2 nitrogen and oxygen atoms in total. The second-order valence-electron chi connectivity index (χ2n) is 7.39. The van der Waals surface area contributed by atoms with Gasteiger partial charge in [0.05, 0.1) is 0 Å². The average molecular weight is 517 g/mol. The van der Waals surface area contributed by atoms with Crippen molar-refractivity contribution in [1.82, 2.24) is 0 Å². The van der Waals surface area contributed by atoms with Crippen LogP contribution in [-0.4, -0.2) is 26.5 Å². The minimum absolute atomic E-state index is 0.0575. The first-order chi connectivity index (χ1) is 9.58. The van der Waals surface area contributed by atoms with Crippen LogP contribution < -0.4 is 0 Å². The Morgan fingerprint density at radius 1 is 1.10 bits per heavy atom. The van der Waals surface area contributed by atoms with Crippen LogP contribution in [0, 0.1) is 5.41 Å². The fourth-order valence-electron chi connectivity index (χ4n) is 2.39. The SMILES string of the molecule is CCC[CH2][Sn]([I])([CH2]CCC)[CH](C)C(C)OC(=O)C(C)(C)C. The molecule has 0 bridgehead atoms. The number of hydrogen-bond donors (Lipinski definition) is 0. The first kappa shape index (κ1) is 22.0. The Morgan fingerprint density at radius 2 is 1.52 bits per heavy atom. The Bertz CT molecular complexity index is 304. The van der Waals surface area contributed by atoms with Gasteiger partial charge in [0.2, 0.25) is 0 Å². The number of ether oxygens (including phenoxy) is 1. The Labute approximate surface area is 146 Å². The summed E-state index contributed by atoms with van der Waals surface area (Å²) in [6.45, 7) is 14.8. The van der Waals surface area contributed by atoms with E-state index in [1.165, 1.54) is 34.6 Å². The number of rotatable bonds is 9. The topological polar surface area (TPSA) is 26.3 Å². The maximum absolute atomic E-state index is 12.1. The molecular formula is C17H35IO2Sn. The van der Waals surface area contributed by atoms with Crippen molar-refractivity contribution >= 4 is 39.0 Å². The molecule has 21 heavy (non-hydrogen) atoms. The zero-order chi connectivity index (χ0) is 16.7. The monoisotopic (exact) mass is 518 g/mol. The van der Waals surface area contributed by atoms with Crippen LogP contribution >= 0.6 is 18.6 Å². The van der Waals surface area contributed by atoms with E-state index in [0.717, 1.165) is 0 Å². The van der Waals surface area contributed by atoms with Crippen molar-refractivity contribution in [1.29, 1.82) is 0 Å². The first-order valence-electron chi connectivity index (χ1n) is 8.48. The third kappa shape index (κ3) is 7.89. The summed E-state index contributed by atoms with van der Waals surface area (Å²) in [7, 11) is 0. The molecule has 0 saturated carbocycles. The van der Waals surface area contributed by atoms with Crippen molar-refractivity contribution in [2.75, 3.05) is 0 Å². The average Bonchev–Trinajstić information content (AvgIpc) is 2.40. The van der Waals surface area contributed by atoms with Crippen molar-refractivity contribution in [2.24, 2.45) is 5.41 Å². The standard InChI is InChI=1S/C9H17O2.2C4H9.HI.Sn/c1-6-7(2)11-8(10)9(3,4)5;2*1-3-4-2;;/h6-7H,1-5H3;2*1,3-4H2,2H3;1H;/q;;;;+1/p-1. The fraction of sp³-hybridized carbons (Fsp3) is 0.941. The van der Waals surface area contributed by atoms with E-state index in [1.807, 2.05) is 20.8 Å². The molecule has 0 N–H and O–H groups in total. The van der Waals surface area contributed by atoms with E-state index in [4.69, 9.17) is 4.74 Å². The quantitative estimate of drug-likeness (QED) is 0.203. The molecule has 0 aromatic rings. The molecule has 0 spiro atoms. The summed E-state index contributed by atoms with van der Waals surface area (Å²) in [5.74, 6) is -0.0575. The molecule has 0 aliphatic heterocycles. The molecule has 2 unspecified atom stereocenters. The number of esters is 1. The molecule has 0 radical (unpaired) electrons. The summed E-state index contributed by atoms with van der Waals surface area (Å²) < 4.78 is 9.22. The zero-order valence-corrected chi connectivity index (χ0v) is 20.1. The van der Waals surface area contributed by atoms with Crippen LogP contribution in [-0.2, 0) is 9.53 Å². The van der Waals surface area contributed by atoms with Crippen LogP contribution in [0.15, 0.2) is 0 Å². The Hall–Kier alpha value is 0.999. The van der Waals surface area contributed by atoms with Crippen molar-refractivity contribution in [3.8, 4) is 0 Å². The van der Waals surface area contributed by atoms with E-state index in [9.17, 15) is 4.79 Å². The predicted molar refractivity (Wildman–Crippen MR) is 104 cm³/mol. The van der Waals surface area contributed by atoms with Crippen molar-refractivity contribution in [3.05, 3.63) is 0 Å². The predicted octanol–water partition coefficient (Wildman–Crippen LogP) is 6.34. The summed E-state index contributed by atoms with van der Waals surface area (Å²) in [4.78, 5) is 12.1. The molecule has 0 aliphatic rings. The van der Waals surface area contributed by atoms with Crippen LogP contribution in [0.3, 0.4) is 0 Å². The summed E-state index contributed by atoms with van der Waals surface area (Å²) in [6, 6.07) is 0. The second-order valence-corrected chi connectivity index (χ2v) is 33.2. The van der Waals surface area contributed by atoms with Crippen LogP contribution in [0.5, 0.6) is 0 Å². The van der Waals surface area contributed by atoms with Gasteiger partial charge in [0.15, 0.2) is 0 Å². The Balaban J connectivity index is 4.84. The summed E-state index contributed by atoms with van der Waals surface area (Å²) in [5.41, 5.74) is -0.399. The number of halogens is 1. The molecule has 0 heterocycles. The van der Waals surface area contributed by atoms with Gasteiger partial charge in [-0.1, -0.05) is 0 Å². The molecule has 0 aromatic carbocycles. The van der Waals surface area contributed by atoms with E-state index in [0.29, 0.717) is 3.93 Å². The normalized spacial score (nSPS) is 15.6. The van der Waals surface area contributed by atoms with Gasteiger partial charge in [-0.15, -0.1) is 0 Å². The van der Waals surface area contributed by atoms with Gasteiger partial charge in [0, 0.05) is 0 Å². The second kappa shape index (κ2) is 9.99. The van der Waals surface area contributed by atoms with E-state index in [2.05, 4.69) is 46.3 Å².